The summed E-state index contributed by atoms with van der Waals surface area (Å²) in [6.45, 7) is 0. The molecule has 1 amide bonds. The number of Topliss-reactive ketones (excluding diaryl/α,β-unsaturated/α-hetero) is 1. The maximum atomic E-state index is 14.2. The monoisotopic (exact) mass is 472 g/mol. The lowest BCUT2D eigenvalue weighted by molar-refractivity contribution is -0.384. The lowest BCUT2D eigenvalue weighted by Crippen LogP contribution is -2.52. The Kier molecular flexibility index (Phi) is 4.79. The molecule has 0 aliphatic carbocycles. The van der Waals surface area contributed by atoms with E-state index in [-0.39, 0.29) is 29.3 Å². The minimum absolute atomic E-state index is 0.00864. The second-order valence-electron chi connectivity index (χ2n) is 8.73. The summed E-state index contributed by atoms with van der Waals surface area (Å²) in [4.78, 5) is 45.3. The van der Waals surface area contributed by atoms with Crippen LogP contribution in [-0.4, -0.2) is 44.2 Å². The standard InChI is InChI=1S/C25H20N4O4S/c30-23(19-7-3-4-12-26-19)22-21(15-8-10-16(11-9-15)29(32)33)20-13-34-14-28(20)25(22)17-5-1-2-6-18(17)27-24(25)31/h1-12,20-22H,13-14H2,(H,27,31)/t20-,21+,22-,25-/m0/s1. The van der Waals surface area contributed by atoms with Crippen molar-refractivity contribution in [1.82, 2.24) is 9.88 Å². The predicted octanol–water partition coefficient (Wildman–Crippen LogP) is 3.81. The molecule has 0 radical (unpaired) electrons. The summed E-state index contributed by atoms with van der Waals surface area (Å²) >= 11 is 1.73. The zero-order chi connectivity index (χ0) is 23.4. The third kappa shape index (κ3) is 2.80. The summed E-state index contributed by atoms with van der Waals surface area (Å²) in [5.74, 6) is -0.108. The van der Waals surface area contributed by atoms with E-state index in [0.717, 1.165) is 16.9 Å². The Labute approximate surface area is 199 Å². The molecule has 1 aromatic heterocycles. The number of pyridine rings is 1. The fourth-order valence-corrected chi connectivity index (χ4v) is 7.22. The molecule has 0 bridgehead atoms. The summed E-state index contributed by atoms with van der Waals surface area (Å²) in [5.41, 5.74) is 1.45. The van der Waals surface area contributed by atoms with Gasteiger partial charge in [0.15, 0.2) is 5.78 Å². The number of benzene rings is 2. The number of para-hydroxylation sites is 1. The van der Waals surface area contributed by atoms with Gasteiger partial charge in [-0.1, -0.05) is 36.4 Å². The Balaban J connectivity index is 1.59. The maximum Gasteiger partial charge on any atom is 0.269 e. The van der Waals surface area contributed by atoms with Gasteiger partial charge in [0.05, 0.1) is 10.8 Å². The van der Waals surface area contributed by atoms with Crippen molar-refractivity contribution in [3.05, 3.63) is 99.9 Å². The minimum Gasteiger partial charge on any atom is -0.324 e. The number of carbonyl (C=O) groups excluding carboxylic acids is 2. The molecule has 170 valence electrons. The first-order valence-corrected chi connectivity index (χ1v) is 12.1. The van der Waals surface area contributed by atoms with Gasteiger partial charge in [-0.05, 0) is 23.8 Å². The number of rotatable bonds is 4. The number of amides is 1. The number of nitrogens with zero attached hydrogens (tertiary/aromatic N) is 3. The molecule has 34 heavy (non-hydrogen) atoms. The summed E-state index contributed by atoms with van der Waals surface area (Å²) in [7, 11) is 0. The van der Waals surface area contributed by atoms with E-state index >= 15 is 0 Å². The van der Waals surface area contributed by atoms with Crippen molar-refractivity contribution in [2.75, 3.05) is 16.9 Å². The van der Waals surface area contributed by atoms with Gasteiger partial charge in [-0.15, -0.1) is 11.8 Å². The molecule has 4 heterocycles. The van der Waals surface area contributed by atoms with E-state index in [2.05, 4.69) is 15.2 Å². The highest BCUT2D eigenvalue weighted by Gasteiger charge is 2.69. The first kappa shape index (κ1) is 21.0. The van der Waals surface area contributed by atoms with Gasteiger partial charge in [0.25, 0.3) is 5.69 Å². The Hall–Kier alpha value is -3.56. The largest absolute Gasteiger partial charge is 0.324 e. The quantitative estimate of drug-likeness (QED) is 0.350. The molecular formula is C25H20N4O4S. The molecule has 2 fully saturated rings. The van der Waals surface area contributed by atoms with E-state index in [1.807, 2.05) is 24.3 Å². The van der Waals surface area contributed by atoms with Crippen LogP contribution in [0.15, 0.2) is 72.9 Å². The van der Waals surface area contributed by atoms with Crippen molar-refractivity contribution < 1.29 is 14.5 Å². The van der Waals surface area contributed by atoms with Crippen molar-refractivity contribution in [1.29, 1.82) is 0 Å². The molecule has 2 saturated heterocycles. The Morgan fingerprint density at radius 3 is 2.62 bits per heavy atom. The lowest BCUT2D eigenvalue weighted by atomic mass is 9.70. The molecule has 1 spiro atoms. The van der Waals surface area contributed by atoms with E-state index < -0.39 is 16.4 Å². The van der Waals surface area contributed by atoms with Crippen LogP contribution in [0.2, 0.25) is 0 Å². The third-order valence-electron chi connectivity index (χ3n) is 7.22. The number of hydrogen-bond acceptors (Lipinski definition) is 7. The summed E-state index contributed by atoms with van der Waals surface area (Å²) in [5, 5.41) is 14.3. The number of nitro benzene ring substituents is 1. The van der Waals surface area contributed by atoms with Crippen LogP contribution in [0.4, 0.5) is 11.4 Å². The van der Waals surface area contributed by atoms with Crippen molar-refractivity contribution in [3.63, 3.8) is 0 Å². The Morgan fingerprint density at radius 1 is 1.12 bits per heavy atom. The second-order valence-corrected chi connectivity index (χ2v) is 9.73. The van der Waals surface area contributed by atoms with Crippen LogP contribution in [0.25, 0.3) is 0 Å². The zero-order valence-electron chi connectivity index (χ0n) is 18.0. The number of nitro groups is 1. The molecule has 1 N–H and O–H groups in total. The van der Waals surface area contributed by atoms with Gasteiger partial charge in [-0.25, -0.2) is 0 Å². The van der Waals surface area contributed by atoms with E-state index in [1.165, 1.54) is 12.1 Å². The topological polar surface area (TPSA) is 105 Å². The van der Waals surface area contributed by atoms with E-state index in [9.17, 15) is 19.7 Å². The highest BCUT2D eigenvalue weighted by molar-refractivity contribution is 7.99. The molecular weight excluding hydrogens is 452 g/mol. The number of fused-ring (bicyclic) bond motifs is 4. The summed E-state index contributed by atoms with van der Waals surface area (Å²) in [6.07, 6.45) is 1.58. The van der Waals surface area contributed by atoms with Gasteiger partial charge in [-0.3, -0.25) is 29.6 Å². The molecule has 8 nitrogen and oxygen atoms in total. The van der Waals surface area contributed by atoms with Crippen LogP contribution in [0.3, 0.4) is 0 Å². The fourth-order valence-electron chi connectivity index (χ4n) is 5.89. The number of carbonyl (C=O) groups is 2. The van der Waals surface area contributed by atoms with E-state index in [1.54, 1.807) is 48.3 Å². The average Bonchev–Trinajstić information content (AvgIpc) is 3.52. The van der Waals surface area contributed by atoms with Gasteiger partial charge in [-0.2, -0.15) is 0 Å². The molecule has 3 aliphatic heterocycles. The number of aromatic nitrogens is 1. The number of thioether (sulfide) groups is 1. The van der Waals surface area contributed by atoms with Gasteiger partial charge in [0, 0.05) is 53.2 Å². The number of nitrogens with one attached hydrogen (secondary N) is 1. The molecule has 3 aromatic rings. The van der Waals surface area contributed by atoms with Crippen LogP contribution in [0.5, 0.6) is 0 Å². The number of non-ortho nitro benzene ring substituents is 1. The van der Waals surface area contributed by atoms with Crippen LogP contribution >= 0.6 is 11.8 Å². The summed E-state index contributed by atoms with van der Waals surface area (Å²) in [6, 6.07) is 19.0. The van der Waals surface area contributed by atoms with Gasteiger partial charge >= 0.3 is 0 Å². The molecule has 6 rings (SSSR count). The van der Waals surface area contributed by atoms with E-state index in [0.29, 0.717) is 17.3 Å². The Bertz CT molecular complexity index is 1320. The van der Waals surface area contributed by atoms with Crippen molar-refractivity contribution in [3.8, 4) is 0 Å². The molecule has 2 aromatic carbocycles. The number of anilines is 1. The third-order valence-corrected chi connectivity index (χ3v) is 8.25. The van der Waals surface area contributed by atoms with Crippen LogP contribution < -0.4 is 5.32 Å². The predicted molar refractivity (Wildman–Crippen MR) is 128 cm³/mol. The lowest BCUT2D eigenvalue weighted by Gasteiger charge is -2.36. The average molecular weight is 473 g/mol. The van der Waals surface area contributed by atoms with Crippen molar-refractivity contribution in [2.45, 2.75) is 17.5 Å². The smallest absolute Gasteiger partial charge is 0.269 e. The molecule has 9 heteroatoms. The first-order valence-electron chi connectivity index (χ1n) is 11.0. The highest BCUT2D eigenvalue weighted by Crippen LogP contribution is 2.61. The fraction of sp³-hybridized carbons (Fsp3) is 0.240. The maximum absolute atomic E-state index is 14.2. The highest BCUT2D eigenvalue weighted by atomic mass is 32.2. The zero-order valence-corrected chi connectivity index (χ0v) is 18.8. The van der Waals surface area contributed by atoms with Gasteiger partial charge in [0.2, 0.25) is 5.91 Å². The number of ketones is 1. The van der Waals surface area contributed by atoms with Crippen molar-refractivity contribution >= 4 is 34.8 Å². The molecule has 4 atom stereocenters. The summed E-state index contributed by atoms with van der Waals surface area (Å²) < 4.78 is 0. The SMILES string of the molecule is O=C(c1ccccn1)[C@@H]1[C@H](c2ccc([N+](=O)[O-])cc2)[C@@H]2CSCN2[C@]12C(=O)Nc1ccccc12. The van der Waals surface area contributed by atoms with Crippen LogP contribution in [0, 0.1) is 16.0 Å². The Morgan fingerprint density at radius 2 is 1.88 bits per heavy atom. The number of hydrogen-bond donors (Lipinski definition) is 1. The second kappa shape index (κ2) is 7.75. The van der Waals surface area contributed by atoms with E-state index in [4.69, 9.17) is 0 Å². The first-order chi connectivity index (χ1) is 16.5. The minimum atomic E-state index is -1.17. The normalized spacial score (nSPS) is 27.4. The van der Waals surface area contributed by atoms with Crippen LogP contribution in [0.1, 0.15) is 27.5 Å². The molecule has 3 aliphatic rings. The van der Waals surface area contributed by atoms with Gasteiger partial charge in [0.1, 0.15) is 11.2 Å². The van der Waals surface area contributed by atoms with Crippen molar-refractivity contribution in [2.24, 2.45) is 5.92 Å². The van der Waals surface area contributed by atoms with Gasteiger partial charge < -0.3 is 5.32 Å². The molecule has 0 saturated carbocycles. The molecule has 0 unspecified atom stereocenters. The van der Waals surface area contributed by atoms with Crippen LogP contribution in [-0.2, 0) is 10.3 Å².